The van der Waals surface area contributed by atoms with Crippen LogP contribution in [-0.2, 0) is 16.7 Å². The van der Waals surface area contributed by atoms with E-state index >= 15 is 0 Å². The van der Waals surface area contributed by atoms with Crippen molar-refractivity contribution in [2.45, 2.75) is 18.4 Å². The zero-order valence-corrected chi connectivity index (χ0v) is 15.1. The van der Waals surface area contributed by atoms with Crippen LogP contribution in [0.3, 0.4) is 0 Å². The van der Waals surface area contributed by atoms with Crippen LogP contribution in [0.15, 0.2) is 40.1 Å². The van der Waals surface area contributed by atoms with Gasteiger partial charge in [-0.05, 0) is 23.8 Å². The third-order valence-corrected chi connectivity index (χ3v) is 4.10. The number of H-pyrrole nitrogens is 1. The summed E-state index contributed by atoms with van der Waals surface area (Å²) < 4.78 is 47.0. The molecule has 7 nitrogen and oxygen atoms in total. The normalized spacial score (nSPS) is 19.1. The van der Waals surface area contributed by atoms with Crippen molar-refractivity contribution in [1.29, 1.82) is 0 Å². The van der Waals surface area contributed by atoms with E-state index in [-0.39, 0.29) is 42.5 Å². The van der Waals surface area contributed by atoms with E-state index in [2.05, 4.69) is 15.2 Å². The van der Waals surface area contributed by atoms with Crippen molar-refractivity contribution >= 4 is 24.0 Å². The Bertz CT molecular complexity index is 946. The van der Waals surface area contributed by atoms with Gasteiger partial charge < -0.3 is 10.5 Å². The summed E-state index contributed by atoms with van der Waals surface area (Å²) in [7, 11) is 0. The Balaban J connectivity index is 0.00000280. The fourth-order valence-electron chi connectivity index (χ4n) is 2.79. The van der Waals surface area contributed by atoms with Gasteiger partial charge in [-0.1, -0.05) is 6.07 Å². The molecule has 0 spiro atoms. The number of hydrogen-bond acceptors (Lipinski definition) is 6. The van der Waals surface area contributed by atoms with Crippen molar-refractivity contribution in [3.8, 4) is 0 Å². The number of rotatable bonds is 5. The first-order valence-electron chi connectivity index (χ1n) is 7.90. The molecule has 0 bridgehead atoms. The summed E-state index contributed by atoms with van der Waals surface area (Å²) in [5, 5.41) is 5.75. The molecule has 1 atom stereocenters. The fourth-order valence-corrected chi connectivity index (χ4v) is 2.79. The van der Waals surface area contributed by atoms with Crippen LogP contribution in [0.4, 0.5) is 13.2 Å². The maximum absolute atomic E-state index is 14.4. The van der Waals surface area contributed by atoms with Gasteiger partial charge in [0, 0.05) is 18.1 Å². The zero-order chi connectivity index (χ0) is 19.6. The second-order valence-corrected chi connectivity index (χ2v) is 6.04. The van der Waals surface area contributed by atoms with Crippen LogP contribution in [-0.4, -0.2) is 41.5 Å². The summed E-state index contributed by atoms with van der Waals surface area (Å²) in [6, 6.07) is 5.82. The van der Waals surface area contributed by atoms with Crippen molar-refractivity contribution in [1.82, 2.24) is 10.2 Å². The first-order chi connectivity index (χ1) is 12.8. The van der Waals surface area contributed by atoms with E-state index in [1.165, 1.54) is 12.1 Å². The standard InChI is InChI=1S/C17H15F3N4O3.ClH/c18-11-2-1-9(6-13(25)12-3-4-15(26)24-23-12)5-10(11)17(16(19)20)8-27-7-14(21)22-17;/h1-5,16H,6-8H2,(H2,21,22)(H,24,26);1H/t17-;/m0./s1. The second kappa shape index (κ2) is 8.53. The molecule has 1 aromatic heterocycles. The molecular weight excluding hydrogens is 401 g/mol. The summed E-state index contributed by atoms with van der Waals surface area (Å²) >= 11 is 0. The van der Waals surface area contributed by atoms with Gasteiger partial charge in [0.05, 0.1) is 6.61 Å². The van der Waals surface area contributed by atoms with Crippen LogP contribution in [0.1, 0.15) is 21.6 Å². The van der Waals surface area contributed by atoms with Crippen LogP contribution in [0.2, 0.25) is 0 Å². The van der Waals surface area contributed by atoms with Gasteiger partial charge in [0.1, 0.15) is 24.0 Å². The van der Waals surface area contributed by atoms with Crippen molar-refractivity contribution in [3.05, 3.63) is 63.3 Å². The van der Waals surface area contributed by atoms with Crippen LogP contribution in [0, 0.1) is 5.82 Å². The molecule has 0 saturated carbocycles. The van der Waals surface area contributed by atoms with Crippen molar-refractivity contribution < 1.29 is 22.7 Å². The maximum Gasteiger partial charge on any atom is 0.269 e. The van der Waals surface area contributed by atoms with E-state index in [1.807, 2.05) is 0 Å². The highest BCUT2D eigenvalue weighted by atomic mass is 35.5. The maximum atomic E-state index is 14.4. The molecule has 1 aliphatic rings. The number of carbonyl (C=O) groups excluding carboxylic acids is 1. The van der Waals surface area contributed by atoms with Gasteiger partial charge in [0.2, 0.25) is 0 Å². The lowest BCUT2D eigenvalue weighted by Crippen LogP contribution is -2.45. The Kier molecular flexibility index (Phi) is 6.57. The molecule has 3 N–H and O–H groups in total. The molecule has 0 aliphatic carbocycles. The first-order valence-corrected chi connectivity index (χ1v) is 7.90. The fraction of sp³-hybridized carbons (Fsp3) is 0.294. The second-order valence-electron chi connectivity index (χ2n) is 6.04. The van der Waals surface area contributed by atoms with Gasteiger partial charge in [-0.3, -0.25) is 14.6 Å². The lowest BCUT2D eigenvalue weighted by atomic mass is 9.88. The molecule has 1 aromatic carbocycles. The van der Waals surface area contributed by atoms with E-state index in [1.54, 1.807) is 0 Å². The van der Waals surface area contributed by atoms with Gasteiger partial charge in [0.15, 0.2) is 11.3 Å². The Labute approximate surface area is 163 Å². The summed E-state index contributed by atoms with van der Waals surface area (Å²) in [6.45, 7) is -0.659. The van der Waals surface area contributed by atoms with Gasteiger partial charge >= 0.3 is 0 Å². The summed E-state index contributed by atoms with van der Waals surface area (Å²) in [4.78, 5) is 27.0. The highest BCUT2D eigenvalue weighted by Gasteiger charge is 2.46. The van der Waals surface area contributed by atoms with Gasteiger partial charge in [0.25, 0.3) is 12.0 Å². The molecule has 0 fully saturated rings. The molecular formula is C17H16ClF3N4O3. The van der Waals surface area contributed by atoms with Crippen LogP contribution < -0.4 is 11.3 Å². The Hall–Kier alpha value is -2.72. The van der Waals surface area contributed by atoms with Crippen molar-refractivity contribution in [3.63, 3.8) is 0 Å². The van der Waals surface area contributed by atoms with Gasteiger partial charge in [-0.25, -0.2) is 18.3 Å². The van der Waals surface area contributed by atoms with E-state index in [0.29, 0.717) is 0 Å². The molecule has 1 aliphatic heterocycles. The Morgan fingerprint density at radius 3 is 2.68 bits per heavy atom. The number of halogens is 4. The molecule has 0 unspecified atom stereocenters. The number of ketones is 1. The number of carbonyl (C=O) groups is 1. The largest absolute Gasteiger partial charge is 0.385 e. The van der Waals surface area contributed by atoms with Gasteiger partial charge in [-0.15, -0.1) is 12.4 Å². The molecule has 0 radical (unpaired) electrons. The first kappa shape index (κ1) is 21.6. The number of nitrogens with two attached hydrogens (primary N) is 1. The van der Waals surface area contributed by atoms with Crippen LogP contribution in [0.5, 0.6) is 0 Å². The van der Waals surface area contributed by atoms with E-state index in [9.17, 15) is 22.8 Å². The number of alkyl halides is 2. The number of nitrogens with zero attached hydrogens (tertiary/aromatic N) is 2. The lowest BCUT2D eigenvalue weighted by Gasteiger charge is -2.33. The number of ether oxygens (including phenoxy) is 1. The third kappa shape index (κ3) is 4.23. The van der Waals surface area contributed by atoms with E-state index < -0.39 is 41.3 Å². The molecule has 0 saturated heterocycles. The monoisotopic (exact) mass is 416 g/mol. The minimum atomic E-state index is -3.07. The van der Waals surface area contributed by atoms with Crippen LogP contribution in [0.25, 0.3) is 0 Å². The van der Waals surface area contributed by atoms with E-state index in [0.717, 1.165) is 18.2 Å². The number of aromatic amines is 1. The SMILES string of the molecule is Cl.NC1=N[C@@](c2cc(CC(=O)c3ccc(=O)[nH]n3)ccc2F)(C(F)F)COC1. The molecule has 2 heterocycles. The summed E-state index contributed by atoms with van der Waals surface area (Å²) in [6.07, 6.45) is -3.30. The Morgan fingerprint density at radius 1 is 1.32 bits per heavy atom. The average molecular weight is 417 g/mol. The predicted molar refractivity (Wildman–Crippen MR) is 96.7 cm³/mol. The number of amidine groups is 1. The average Bonchev–Trinajstić information content (AvgIpc) is 2.63. The molecule has 0 amide bonds. The molecule has 2 aromatic rings. The molecule has 11 heteroatoms. The summed E-state index contributed by atoms with van der Waals surface area (Å²) in [5.41, 5.74) is 2.65. The predicted octanol–water partition coefficient (Wildman–Crippen LogP) is 1.60. The molecule has 150 valence electrons. The molecule has 28 heavy (non-hydrogen) atoms. The van der Waals surface area contributed by atoms with Crippen molar-refractivity contribution in [2.75, 3.05) is 13.2 Å². The lowest BCUT2D eigenvalue weighted by molar-refractivity contribution is -0.0146. The number of aliphatic imine (C=N–C) groups is 1. The number of aromatic nitrogens is 2. The van der Waals surface area contributed by atoms with Crippen LogP contribution >= 0.6 is 12.4 Å². The number of benzene rings is 1. The smallest absolute Gasteiger partial charge is 0.269 e. The highest BCUT2D eigenvalue weighted by molar-refractivity contribution is 5.95. The molecule has 3 rings (SSSR count). The van der Waals surface area contributed by atoms with Crippen molar-refractivity contribution in [2.24, 2.45) is 10.7 Å². The number of Topliss-reactive ketones (excluding diaryl/α,β-unsaturated/α-hetero) is 1. The minimum absolute atomic E-state index is 0. The minimum Gasteiger partial charge on any atom is -0.385 e. The number of nitrogens with one attached hydrogen (secondary N) is 1. The quantitative estimate of drug-likeness (QED) is 0.719. The highest BCUT2D eigenvalue weighted by Crippen LogP contribution is 2.37. The number of hydrogen-bond donors (Lipinski definition) is 2. The van der Waals surface area contributed by atoms with Gasteiger partial charge in [-0.2, -0.15) is 5.10 Å². The Morgan fingerprint density at radius 2 is 2.07 bits per heavy atom. The topological polar surface area (TPSA) is 110 Å². The zero-order valence-electron chi connectivity index (χ0n) is 14.3. The third-order valence-electron chi connectivity index (χ3n) is 4.10. The summed E-state index contributed by atoms with van der Waals surface area (Å²) in [5.74, 6) is -1.55. The van der Waals surface area contributed by atoms with E-state index in [4.69, 9.17) is 10.5 Å².